The molecule has 144 valence electrons. The van der Waals surface area contributed by atoms with Crippen molar-refractivity contribution in [1.29, 1.82) is 0 Å². The highest BCUT2D eigenvalue weighted by Gasteiger charge is 2.66. The van der Waals surface area contributed by atoms with Crippen molar-refractivity contribution in [2.45, 2.75) is 57.5 Å². The summed E-state index contributed by atoms with van der Waals surface area (Å²) in [6.45, 7) is 2.26. The van der Waals surface area contributed by atoms with E-state index in [1.807, 2.05) is 6.92 Å². The average Bonchev–Trinajstić information content (AvgIpc) is 3.29. The van der Waals surface area contributed by atoms with Crippen LogP contribution in [-0.2, 0) is 24.3 Å². The molecule has 4 aliphatic carbocycles. The molecule has 0 aliphatic heterocycles. The molecule has 1 N–H and O–H groups in total. The van der Waals surface area contributed by atoms with E-state index >= 15 is 0 Å². The van der Waals surface area contributed by atoms with Crippen LogP contribution in [-0.4, -0.2) is 50.9 Å². The van der Waals surface area contributed by atoms with Gasteiger partial charge in [-0.1, -0.05) is 0 Å². The molecule has 0 heterocycles. The molecule has 6 nitrogen and oxygen atoms in total. The predicted molar refractivity (Wildman–Crippen MR) is 91.5 cm³/mol. The minimum Gasteiger partial charge on any atom is -0.375 e. The molecular formula is C18H30O6S. The summed E-state index contributed by atoms with van der Waals surface area (Å²) < 4.78 is 48.4. The van der Waals surface area contributed by atoms with Crippen molar-refractivity contribution >= 4 is 10.1 Å². The van der Waals surface area contributed by atoms with Crippen LogP contribution >= 0.6 is 0 Å². The van der Waals surface area contributed by atoms with Crippen LogP contribution < -0.4 is 0 Å². The van der Waals surface area contributed by atoms with Crippen molar-refractivity contribution in [1.82, 2.24) is 0 Å². The molecular weight excluding hydrogens is 344 g/mol. The van der Waals surface area contributed by atoms with Crippen molar-refractivity contribution in [3.8, 4) is 0 Å². The lowest BCUT2D eigenvalue weighted by atomic mass is 9.69. The summed E-state index contributed by atoms with van der Waals surface area (Å²) in [6, 6.07) is 0. The first kappa shape index (κ1) is 18.2. The van der Waals surface area contributed by atoms with Crippen molar-refractivity contribution in [2.24, 2.45) is 35.5 Å². The number of rotatable bonds is 8. The minimum atomic E-state index is -3.92. The van der Waals surface area contributed by atoms with E-state index in [-0.39, 0.29) is 24.3 Å². The quantitative estimate of drug-likeness (QED) is 0.304. The third kappa shape index (κ3) is 3.27. The van der Waals surface area contributed by atoms with E-state index < -0.39 is 10.1 Å². The summed E-state index contributed by atoms with van der Waals surface area (Å²) in [4.78, 5) is 0. The van der Waals surface area contributed by atoms with Crippen LogP contribution in [0.2, 0.25) is 0 Å². The first-order chi connectivity index (χ1) is 11.9. The molecule has 4 saturated carbocycles. The Kier molecular flexibility index (Phi) is 4.90. The van der Waals surface area contributed by atoms with Gasteiger partial charge >= 0.3 is 0 Å². The van der Waals surface area contributed by atoms with Gasteiger partial charge in [0.05, 0.1) is 18.0 Å². The summed E-state index contributed by atoms with van der Waals surface area (Å²) in [5.41, 5.74) is 0. The molecule has 4 bridgehead atoms. The Hall–Kier alpha value is -0.210. The maximum atomic E-state index is 10.9. The number of fused-ring (bicyclic) bond motifs is 9. The van der Waals surface area contributed by atoms with Gasteiger partial charge in [-0.3, -0.25) is 4.55 Å². The molecule has 0 radical (unpaired) electrons. The van der Waals surface area contributed by atoms with E-state index in [2.05, 4.69) is 0 Å². The van der Waals surface area contributed by atoms with Crippen LogP contribution in [0.1, 0.15) is 39.0 Å². The second kappa shape index (κ2) is 6.75. The Morgan fingerprint density at radius 2 is 1.72 bits per heavy atom. The average molecular weight is 374 g/mol. The number of methoxy groups -OCH3 is 1. The highest BCUT2D eigenvalue weighted by Crippen LogP contribution is 2.68. The second-order valence-corrected chi connectivity index (χ2v) is 10.0. The molecule has 0 amide bonds. The van der Waals surface area contributed by atoms with Gasteiger partial charge in [-0.05, 0) is 74.5 Å². The predicted octanol–water partition coefficient (Wildman–Crippen LogP) is 2.34. The molecule has 4 fully saturated rings. The van der Waals surface area contributed by atoms with Gasteiger partial charge in [0.2, 0.25) is 0 Å². The van der Waals surface area contributed by atoms with Gasteiger partial charge < -0.3 is 14.2 Å². The zero-order valence-electron chi connectivity index (χ0n) is 15.0. The standard InChI is InChI=1S/C18H30O6S/c1-10(22-2)24-18-14-9-13(15-11-4-5-12(8-11)16(14)15)17(18)23-6-3-7-25(19,20)21/h10-18H,3-9H2,1-2H3,(H,19,20,21). The van der Waals surface area contributed by atoms with Gasteiger partial charge in [-0.15, -0.1) is 0 Å². The molecule has 0 saturated heterocycles. The lowest BCUT2D eigenvalue weighted by molar-refractivity contribution is -0.206. The van der Waals surface area contributed by atoms with Crippen LogP contribution in [0.3, 0.4) is 0 Å². The van der Waals surface area contributed by atoms with Crippen LogP contribution in [0, 0.1) is 35.5 Å². The molecule has 4 rings (SSSR count). The number of hydrogen-bond donors (Lipinski definition) is 1. The van der Waals surface area contributed by atoms with Crippen molar-refractivity contribution in [3.05, 3.63) is 0 Å². The summed E-state index contributed by atoms with van der Waals surface area (Å²) in [6.07, 6.45) is 5.43. The lowest BCUT2D eigenvalue weighted by Crippen LogP contribution is -2.48. The SMILES string of the molecule is COC(C)OC1C2CC(C1OCCCS(=O)(=O)O)C1C3CCC(C3)C21. The molecule has 0 aromatic carbocycles. The van der Waals surface area contributed by atoms with Gasteiger partial charge in [0.1, 0.15) is 0 Å². The molecule has 0 aromatic rings. The fourth-order valence-electron chi connectivity index (χ4n) is 6.61. The Labute approximate surface area is 150 Å². The van der Waals surface area contributed by atoms with Crippen LogP contribution in [0.15, 0.2) is 0 Å². The molecule has 0 spiro atoms. The summed E-state index contributed by atoms with van der Waals surface area (Å²) in [7, 11) is -2.27. The monoisotopic (exact) mass is 374 g/mol. The van der Waals surface area contributed by atoms with E-state index in [9.17, 15) is 8.42 Å². The molecule has 9 unspecified atom stereocenters. The van der Waals surface area contributed by atoms with Gasteiger partial charge in [-0.2, -0.15) is 8.42 Å². The maximum absolute atomic E-state index is 10.9. The minimum absolute atomic E-state index is 0.0320. The summed E-state index contributed by atoms with van der Waals surface area (Å²) in [5.74, 6) is 4.12. The largest absolute Gasteiger partial charge is 0.375 e. The van der Waals surface area contributed by atoms with Gasteiger partial charge in [-0.25, -0.2) is 0 Å². The van der Waals surface area contributed by atoms with E-state index in [4.69, 9.17) is 18.8 Å². The number of ether oxygens (including phenoxy) is 3. The summed E-state index contributed by atoms with van der Waals surface area (Å²) in [5, 5.41) is 0. The zero-order valence-corrected chi connectivity index (χ0v) is 15.9. The highest BCUT2D eigenvalue weighted by molar-refractivity contribution is 7.85. The number of hydrogen-bond acceptors (Lipinski definition) is 5. The van der Waals surface area contributed by atoms with E-state index in [0.29, 0.717) is 24.9 Å². The van der Waals surface area contributed by atoms with Gasteiger partial charge in [0, 0.05) is 13.7 Å². The van der Waals surface area contributed by atoms with Crippen LogP contribution in [0.4, 0.5) is 0 Å². The van der Waals surface area contributed by atoms with Crippen molar-refractivity contribution in [3.63, 3.8) is 0 Å². The third-order valence-electron chi connectivity index (χ3n) is 7.29. The van der Waals surface area contributed by atoms with Crippen LogP contribution in [0.5, 0.6) is 0 Å². The normalized spacial score (nSPS) is 45.9. The highest BCUT2D eigenvalue weighted by atomic mass is 32.2. The third-order valence-corrected chi connectivity index (χ3v) is 8.09. The molecule has 4 aliphatic rings. The molecule has 0 aromatic heterocycles. The molecule has 7 heteroatoms. The first-order valence-corrected chi connectivity index (χ1v) is 11.2. The lowest BCUT2D eigenvalue weighted by Gasteiger charge is -2.43. The van der Waals surface area contributed by atoms with E-state index in [1.54, 1.807) is 7.11 Å². The first-order valence-electron chi connectivity index (χ1n) is 9.64. The second-order valence-electron chi connectivity index (χ2n) is 8.43. The van der Waals surface area contributed by atoms with Crippen molar-refractivity contribution < 1.29 is 27.2 Å². The smallest absolute Gasteiger partial charge is 0.264 e. The summed E-state index contributed by atoms with van der Waals surface area (Å²) >= 11 is 0. The Balaban J connectivity index is 1.44. The Bertz CT molecular complexity index is 592. The maximum Gasteiger partial charge on any atom is 0.264 e. The van der Waals surface area contributed by atoms with Gasteiger partial charge in [0.15, 0.2) is 6.29 Å². The van der Waals surface area contributed by atoms with Crippen molar-refractivity contribution in [2.75, 3.05) is 19.5 Å². The molecule has 9 atom stereocenters. The van der Waals surface area contributed by atoms with E-state index in [0.717, 1.165) is 23.7 Å². The van der Waals surface area contributed by atoms with Gasteiger partial charge in [0.25, 0.3) is 10.1 Å². The Morgan fingerprint density at radius 1 is 1.08 bits per heavy atom. The van der Waals surface area contributed by atoms with E-state index in [1.165, 1.54) is 25.7 Å². The Morgan fingerprint density at radius 3 is 2.32 bits per heavy atom. The molecule has 25 heavy (non-hydrogen) atoms. The zero-order chi connectivity index (χ0) is 17.8. The fraction of sp³-hybridized carbons (Fsp3) is 1.00. The topological polar surface area (TPSA) is 82.1 Å². The van der Waals surface area contributed by atoms with Crippen LogP contribution in [0.25, 0.3) is 0 Å². The fourth-order valence-corrected chi connectivity index (χ4v) is 7.09.